The van der Waals surface area contributed by atoms with Gasteiger partial charge in [-0.3, -0.25) is 4.79 Å². The number of allylic oxidation sites excluding steroid dienone is 6. The highest BCUT2D eigenvalue weighted by Crippen LogP contribution is 2.33. The summed E-state index contributed by atoms with van der Waals surface area (Å²) in [7, 11) is 0. The fourth-order valence-electron chi connectivity index (χ4n) is 2.18. The Kier molecular flexibility index (Phi) is 2.69. The first-order chi connectivity index (χ1) is 8.88. The molecule has 3 rings (SSSR count). The van der Waals surface area contributed by atoms with Crippen molar-refractivity contribution in [2.24, 2.45) is 5.92 Å². The van der Waals surface area contributed by atoms with Gasteiger partial charge in [-0.2, -0.15) is 0 Å². The maximum absolute atomic E-state index is 11.1. The number of hydrogen-bond donors (Lipinski definition) is 0. The minimum absolute atomic E-state index is 0.0106. The van der Waals surface area contributed by atoms with Crippen LogP contribution in [0.2, 0.25) is 0 Å². The van der Waals surface area contributed by atoms with Crippen LogP contribution in [0.15, 0.2) is 72.0 Å². The van der Waals surface area contributed by atoms with Gasteiger partial charge in [0.2, 0.25) is 0 Å². The van der Waals surface area contributed by atoms with Crippen molar-refractivity contribution in [1.29, 1.82) is 0 Å². The minimum Gasteiger partial charge on any atom is -0.464 e. The van der Waals surface area contributed by atoms with E-state index in [1.807, 2.05) is 54.6 Å². The quantitative estimate of drug-likeness (QED) is 0.737. The Morgan fingerprint density at radius 3 is 2.78 bits per heavy atom. The van der Waals surface area contributed by atoms with Crippen molar-refractivity contribution in [3.05, 3.63) is 77.6 Å². The van der Waals surface area contributed by atoms with Crippen molar-refractivity contribution in [2.45, 2.75) is 0 Å². The van der Waals surface area contributed by atoms with Crippen LogP contribution in [-0.2, 0) is 9.53 Å². The van der Waals surface area contributed by atoms with E-state index in [1.165, 1.54) is 0 Å². The molecule has 1 unspecified atom stereocenters. The summed E-state index contributed by atoms with van der Waals surface area (Å²) in [5, 5.41) is 0. The largest absolute Gasteiger partial charge is 0.464 e. The van der Waals surface area contributed by atoms with Gasteiger partial charge in [0.1, 0.15) is 12.0 Å². The molecule has 88 valence electrons. The molecule has 1 heterocycles. The molecule has 0 saturated carbocycles. The molecule has 0 saturated heterocycles. The van der Waals surface area contributed by atoms with Crippen LogP contribution in [0.5, 0.6) is 0 Å². The molecular weight excluding hydrogens is 224 g/mol. The van der Waals surface area contributed by atoms with E-state index in [-0.39, 0.29) is 5.92 Å². The predicted molar refractivity (Wildman–Crippen MR) is 70.4 cm³/mol. The van der Waals surface area contributed by atoms with Crippen molar-refractivity contribution >= 4 is 12.0 Å². The average Bonchev–Trinajstić information content (AvgIpc) is 2.47. The van der Waals surface area contributed by atoms with Crippen LogP contribution in [0.1, 0.15) is 5.56 Å². The van der Waals surface area contributed by atoms with Gasteiger partial charge in [0.05, 0.1) is 6.26 Å². The molecule has 0 N–H and O–H groups in total. The van der Waals surface area contributed by atoms with E-state index in [9.17, 15) is 4.79 Å². The number of rotatable bonds is 2. The van der Waals surface area contributed by atoms with Gasteiger partial charge in [-0.05, 0) is 11.6 Å². The molecule has 0 spiro atoms. The molecule has 1 aliphatic carbocycles. The molecule has 1 aliphatic heterocycles. The molecule has 18 heavy (non-hydrogen) atoms. The molecule has 1 aromatic rings. The molecule has 0 fully saturated rings. The summed E-state index contributed by atoms with van der Waals surface area (Å²) in [4.78, 5) is 11.1. The van der Waals surface area contributed by atoms with Gasteiger partial charge in [0.25, 0.3) is 0 Å². The fourth-order valence-corrected chi connectivity index (χ4v) is 2.18. The van der Waals surface area contributed by atoms with Gasteiger partial charge < -0.3 is 4.74 Å². The van der Waals surface area contributed by atoms with Crippen LogP contribution >= 0.6 is 0 Å². The summed E-state index contributed by atoms with van der Waals surface area (Å²) in [5.41, 5.74) is 2.80. The van der Waals surface area contributed by atoms with Crippen LogP contribution < -0.4 is 0 Å². The Morgan fingerprint density at radius 1 is 1.17 bits per heavy atom. The second-order valence-electron chi connectivity index (χ2n) is 4.25. The van der Waals surface area contributed by atoms with Gasteiger partial charge in [0, 0.05) is 17.1 Å². The Morgan fingerprint density at radius 2 is 2.00 bits per heavy atom. The summed E-state index contributed by atoms with van der Waals surface area (Å²) in [6.45, 7) is 0. The van der Waals surface area contributed by atoms with E-state index < -0.39 is 0 Å². The van der Waals surface area contributed by atoms with E-state index >= 15 is 0 Å². The van der Waals surface area contributed by atoms with Crippen molar-refractivity contribution in [2.75, 3.05) is 0 Å². The smallest absolute Gasteiger partial charge is 0.146 e. The van der Waals surface area contributed by atoms with Gasteiger partial charge in [0.15, 0.2) is 0 Å². The van der Waals surface area contributed by atoms with E-state index in [2.05, 4.69) is 0 Å². The van der Waals surface area contributed by atoms with E-state index in [1.54, 1.807) is 6.26 Å². The fraction of sp³-hybridized carbons (Fsp3) is 0.0625. The van der Waals surface area contributed by atoms with E-state index in [0.717, 1.165) is 28.8 Å². The standard InChI is InChI=1S/C16H12O2/c17-10-13-7-4-8-14-11-18-16(9-15(13)14)12-5-2-1-3-6-12/h1-11,15H. The predicted octanol–water partition coefficient (Wildman–Crippen LogP) is 3.25. The molecule has 1 atom stereocenters. The molecule has 2 aliphatic rings. The maximum Gasteiger partial charge on any atom is 0.146 e. The number of benzene rings is 1. The highest BCUT2D eigenvalue weighted by atomic mass is 16.5. The third kappa shape index (κ3) is 1.82. The van der Waals surface area contributed by atoms with Crippen LogP contribution in [-0.4, -0.2) is 6.29 Å². The summed E-state index contributed by atoms with van der Waals surface area (Å²) >= 11 is 0. The lowest BCUT2D eigenvalue weighted by Gasteiger charge is -2.23. The second-order valence-corrected chi connectivity index (χ2v) is 4.25. The van der Waals surface area contributed by atoms with Crippen LogP contribution in [0, 0.1) is 5.92 Å². The zero-order valence-corrected chi connectivity index (χ0v) is 9.74. The number of ether oxygens (including phenoxy) is 1. The molecule has 2 nitrogen and oxygen atoms in total. The van der Waals surface area contributed by atoms with Crippen molar-refractivity contribution in [1.82, 2.24) is 0 Å². The molecule has 1 aromatic carbocycles. The summed E-state index contributed by atoms with van der Waals surface area (Å²) in [6.07, 6.45) is 10.3. The summed E-state index contributed by atoms with van der Waals surface area (Å²) in [5.74, 6) is 0.809. The van der Waals surface area contributed by atoms with Crippen LogP contribution in [0.4, 0.5) is 0 Å². The Labute approximate surface area is 106 Å². The maximum atomic E-state index is 11.1. The molecule has 0 aromatic heterocycles. The molecular formula is C16H12O2. The molecule has 0 bridgehead atoms. The number of fused-ring (bicyclic) bond motifs is 1. The average molecular weight is 236 g/mol. The number of carbonyl (C=O) groups is 1. The monoisotopic (exact) mass is 236 g/mol. The van der Waals surface area contributed by atoms with Gasteiger partial charge in [-0.15, -0.1) is 0 Å². The van der Waals surface area contributed by atoms with Gasteiger partial charge in [-0.1, -0.05) is 48.6 Å². The highest BCUT2D eigenvalue weighted by Gasteiger charge is 2.22. The van der Waals surface area contributed by atoms with Gasteiger partial charge >= 0.3 is 0 Å². The Bertz CT molecular complexity index is 589. The number of hydrogen-bond acceptors (Lipinski definition) is 2. The first-order valence-corrected chi connectivity index (χ1v) is 5.86. The van der Waals surface area contributed by atoms with Crippen LogP contribution in [0.3, 0.4) is 0 Å². The zero-order valence-electron chi connectivity index (χ0n) is 9.74. The van der Waals surface area contributed by atoms with Crippen LogP contribution in [0.25, 0.3) is 5.76 Å². The SMILES string of the molecule is O=CC1=CC=CC2=COC(c3ccccc3)=CC12. The Balaban J connectivity index is 1.98. The highest BCUT2D eigenvalue weighted by molar-refractivity contribution is 5.79. The second kappa shape index (κ2) is 4.49. The lowest BCUT2D eigenvalue weighted by Crippen LogP contribution is -2.12. The molecule has 2 heteroatoms. The number of aldehydes is 1. The number of carbonyl (C=O) groups excluding carboxylic acids is 1. The zero-order chi connectivity index (χ0) is 12.4. The topological polar surface area (TPSA) is 26.3 Å². The van der Waals surface area contributed by atoms with Crippen molar-refractivity contribution < 1.29 is 9.53 Å². The lowest BCUT2D eigenvalue weighted by atomic mass is 9.86. The first-order valence-electron chi connectivity index (χ1n) is 5.86. The lowest BCUT2D eigenvalue weighted by molar-refractivity contribution is -0.105. The third-order valence-corrected chi connectivity index (χ3v) is 3.13. The van der Waals surface area contributed by atoms with E-state index in [4.69, 9.17) is 4.74 Å². The first kappa shape index (κ1) is 10.8. The summed E-state index contributed by atoms with van der Waals surface area (Å²) in [6, 6.07) is 9.89. The Hall–Kier alpha value is -2.35. The molecule has 0 amide bonds. The van der Waals surface area contributed by atoms with E-state index in [0.29, 0.717) is 0 Å². The van der Waals surface area contributed by atoms with Crippen molar-refractivity contribution in [3.63, 3.8) is 0 Å². The third-order valence-electron chi connectivity index (χ3n) is 3.13. The normalized spacial score (nSPS) is 21.1. The van der Waals surface area contributed by atoms with Gasteiger partial charge in [-0.25, -0.2) is 0 Å². The minimum atomic E-state index is 0.0106. The molecule has 0 radical (unpaired) electrons. The van der Waals surface area contributed by atoms with Crippen molar-refractivity contribution in [3.8, 4) is 0 Å². The summed E-state index contributed by atoms with van der Waals surface area (Å²) < 4.78 is 5.63.